The number of halogens is 6. The second-order valence-corrected chi connectivity index (χ2v) is 13.5. The molecule has 14 heteroatoms. The number of aryl methyl sites for hydroxylation is 4. The number of alkyl halides is 6. The molecule has 0 fully saturated rings. The topological polar surface area (TPSA) is 104 Å². The van der Waals surface area contributed by atoms with Crippen molar-refractivity contribution in [1.82, 2.24) is 19.9 Å². The summed E-state index contributed by atoms with van der Waals surface area (Å²) in [6, 6.07) is 18.1. The van der Waals surface area contributed by atoms with Gasteiger partial charge in [-0.25, -0.2) is 19.9 Å². The van der Waals surface area contributed by atoms with Crippen molar-refractivity contribution in [3.05, 3.63) is 119 Å². The van der Waals surface area contributed by atoms with E-state index < -0.39 is 28.9 Å². The number of benzene rings is 5. The lowest BCUT2D eigenvalue weighted by atomic mass is 9.72. The summed E-state index contributed by atoms with van der Waals surface area (Å²) in [5, 5.41) is 0. The van der Waals surface area contributed by atoms with Gasteiger partial charge in [-0.1, -0.05) is 30.3 Å². The van der Waals surface area contributed by atoms with E-state index in [1.807, 2.05) is 32.9 Å². The molecule has 0 aliphatic carbocycles. The van der Waals surface area contributed by atoms with Gasteiger partial charge in [0.2, 0.25) is 23.1 Å². The predicted molar refractivity (Wildman–Crippen MR) is 191 cm³/mol. The lowest BCUT2D eigenvalue weighted by Gasteiger charge is -2.38. The number of hydrogen-bond donors (Lipinski definition) is 0. The van der Waals surface area contributed by atoms with E-state index in [0.717, 1.165) is 70.8 Å². The summed E-state index contributed by atoms with van der Waals surface area (Å²) in [6.07, 6.45) is -11.6. The molecule has 0 unspecified atom stereocenters. The molecule has 0 aliphatic heterocycles. The van der Waals surface area contributed by atoms with Gasteiger partial charge >= 0.3 is 12.4 Å². The average molecular weight is 753 g/mol. The molecule has 9 aromatic rings. The highest BCUT2D eigenvalue weighted by atomic mass is 19.4. The van der Waals surface area contributed by atoms with Crippen molar-refractivity contribution in [2.75, 3.05) is 0 Å². The molecule has 0 saturated carbocycles. The Labute approximate surface area is 306 Å². The smallest absolute Gasteiger partial charge is 0.411 e. The molecule has 0 saturated heterocycles. The van der Waals surface area contributed by atoms with E-state index in [1.165, 1.54) is 0 Å². The molecular formula is C41H26F6N4O4. The van der Waals surface area contributed by atoms with Crippen LogP contribution < -0.4 is 0 Å². The van der Waals surface area contributed by atoms with Crippen LogP contribution in [0.5, 0.6) is 0 Å². The minimum absolute atomic E-state index is 0.00119. The van der Waals surface area contributed by atoms with Gasteiger partial charge in [0.05, 0.1) is 0 Å². The Hall–Kier alpha value is -6.44. The van der Waals surface area contributed by atoms with Crippen LogP contribution in [-0.2, 0) is 5.41 Å². The van der Waals surface area contributed by atoms with Crippen molar-refractivity contribution in [2.24, 2.45) is 0 Å². The molecule has 0 aliphatic rings. The lowest BCUT2D eigenvalue weighted by Crippen LogP contribution is -2.54. The predicted octanol–water partition coefficient (Wildman–Crippen LogP) is 11.9. The Morgan fingerprint density at radius 2 is 0.818 bits per heavy atom. The Morgan fingerprint density at radius 1 is 0.418 bits per heavy atom. The number of rotatable bonds is 5. The minimum atomic E-state index is -5.79. The van der Waals surface area contributed by atoms with Crippen LogP contribution in [0.15, 0.2) is 103 Å². The lowest BCUT2D eigenvalue weighted by molar-refractivity contribution is -0.288. The first-order valence-electron chi connectivity index (χ1n) is 16.9. The quantitative estimate of drug-likeness (QED) is 0.160. The van der Waals surface area contributed by atoms with E-state index in [1.54, 1.807) is 31.2 Å². The molecule has 0 atom stereocenters. The highest BCUT2D eigenvalue weighted by molar-refractivity contribution is 5.92. The molecule has 0 amide bonds. The largest absolute Gasteiger partial charge is 0.441 e. The van der Waals surface area contributed by atoms with Gasteiger partial charge in [-0.15, -0.1) is 0 Å². The van der Waals surface area contributed by atoms with Crippen molar-refractivity contribution in [2.45, 2.75) is 45.5 Å². The van der Waals surface area contributed by atoms with Crippen LogP contribution >= 0.6 is 0 Å². The fourth-order valence-corrected chi connectivity index (χ4v) is 7.08. The summed E-state index contributed by atoms with van der Waals surface area (Å²) >= 11 is 0. The number of oxazole rings is 4. The third-order valence-electron chi connectivity index (χ3n) is 9.95. The molecule has 0 spiro atoms. The molecular weight excluding hydrogens is 726 g/mol. The maximum atomic E-state index is 15.0. The third-order valence-corrected chi connectivity index (χ3v) is 9.95. The first-order valence-corrected chi connectivity index (χ1v) is 16.9. The molecule has 276 valence electrons. The zero-order valence-corrected chi connectivity index (χ0v) is 29.3. The van der Waals surface area contributed by atoms with Crippen LogP contribution in [0.3, 0.4) is 0 Å². The number of aromatic nitrogens is 4. The van der Waals surface area contributed by atoms with Gasteiger partial charge in [-0.2, -0.15) is 26.3 Å². The molecule has 9 rings (SSSR count). The van der Waals surface area contributed by atoms with Crippen molar-refractivity contribution < 1.29 is 44.0 Å². The van der Waals surface area contributed by atoms with Crippen LogP contribution in [0.4, 0.5) is 26.3 Å². The van der Waals surface area contributed by atoms with E-state index in [-0.39, 0.29) is 22.9 Å². The maximum absolute atomic E-state index is 15.0. The standard InChI is InChI=1S/C41H26F6N4O4/c1-19-13-21(3)27(14-20(19)2)38-51-31-16-30-34(18-35(31)55-38)54-37(50-30)24-7-11-26(12-8-24)39(40(42,43)44,41(45,46)47)25-9-5-23(6-10-25)36-49-29-15-28-32(17-33(29)53-36)52-22(4)48-28/h5-18H,1-4H3. The second kappa shape index (κ2) is 11.8. The van der Waals surface area contributed by atoms with Crippen molar-refractivity contribution in [3.63, 3.8) is 0 Å². The Bertz CT molecular complexity index is 2840. The van der Waals surface area contributed by atoms with E-state index >= 15 is 0 Å². The Morgan fingerprint density at radius 3 is 1.29 bits per heavy atom. The number of fused-ring (bicyclic) bond motifs is 4. The number of hydrogen-bond acceptors (Lipinski definition) is 8. The molecule has 55 heavy (non-hydrogen) atoms. The van der Waals surface area contributed by atoms with E-state index in [0.29, 0.717) is 56.2 Å². The van der Waals surface area contributed by atoms with Crippen LogP contribution in [0, 0.1) is 27.7 Å². The molecule has 0 N–H and O–H groups in total. The monoisotopic (exact) mass is 752 g/mol. The van der Waals surface area contributed by atoms with Crippen LogP contribution in [0.25, 0.3) is 78.8 Å². The summed E-state index contributed by atoms with van der Waals surface area (Å²) in [5.74, 6) is 0.843. The number of nitrogens with zero attached hydrogens (tertiary/aromatic N) is 4. The Balaban J connectivity index is 1.06. The Kier molecular flexibility index (Phi) is 7.35. The fourth-order valence-electron chi connectivity index (χ4n) is 7.08. The zero-order chi connectivity index (χ0) is 38.6. The second-order valence-electron chi connectivity index (χ2n) is 13.5. The average Bonchev–Trinajstić information content (AvgIpc) is 3.91. The van der Waals surface area contributed by atoms with E-state index in [2.05, 4.69) is 19.9 Å². The van der Waals surface area contributed by atoms with Gasteiger partial charge in [0.25, 0.3) is 0 Å². The van der Waals surface area contributed by atoms with E-state index in [9.17, 15) is 26.3 Å². The summed E-state index contributed by atoms with van der Waals surface area (Å²) in [6.45, 7) is 7.65. The van der Waals surface area contributed by atoms with Crippen LogP contribution in [-0.4, -0.2) is 32.3 Å². The zero-order valence-electron chi connectivity index (χ0n) is 29.3. The minimum Gasteiger partial charge on any atom is -0.441 e. The molecule has 8 nitrogen and oxygen atoms in total. The first kappa shape index (κ1) is 34.3. The van der Waals surface area contributed by atoms with Gasteiger partial charge in [0.15, 0.2) is 28.2 Å². The highest BCUT2D eigenvalue weighted by Gasteiger charge is 2.72. The fraction of sp³-hybridized carbons (Fsp3) is 0.171. The first-order chi connectivity index (χ1) is 26.1. The third kappa shape index (κ3) is 5.37. The summed E-state index contributed by atoms with van der Waals surface area (Å²) in [4.78, 5) is 17.7. The van der Waals surface area contributed by atoms with Crippen molar-refractivity contribution in [3.8, 4) is 34.4 Å². The van der Waals surface area contributed by atoms with Crippen LogP contribution in [0.1, 0.15) is 33.7 Å². The van der Waals surface area contributed by atoms with Gasteiger partial charge < -0.3 is 17.7 Å². The molecule has 0 radical (unpaired) electrons. The highest BCUT2D eigenvalue weighted by Crippen LogP contribution is 2.56. The van der Waals surface area contributed by atoms with Crippen molar-refractivity contribution in [1.29, 1.82) is 0 Å². The molecule has 4 aromatic heterocycles. The SMILES string of the molecule is Cc1nc2cc3nc(-c4ccc(C(c5ccc(-c6nc7cc8nc(-c9cc(C)c(C)cc9C)oc8cc7o6)cc5)(C(F)(F)F)C(F)(F)F)cc4)oc3cc2o1. The molecule has 4 heterocycles. The molecule has 0 bridgehead atoms. The van der Waals surface area contributed by atoms with Crippen LogP contribution in [0.2, 0.25) is 0 Å². The normalized spacial score (nSPS) is 12.9. The van der Waals surface area contributed by atoms with Crippen molar-refractivity contribution >= 4 is 44.4 Å². The van der Waals surface area contributed by atoms with E-state index in [4.69, 9.17) is 17.7 Å². The summed E-state index contributed by atoms with van der Waals surface area (Å²) in [5.41, 5.74) is 1.18. The molecule has 5 aromatic carbocycles. The van der Waals surface area contributed by atoms with Gasteiger partial charge in [0, 0.05) is 35.7 Å². The maximum Gasteiger partial charge on any atom is 0.411 e. The summed E-state index contributed by atoms with van der Waals surface area (Å²) < 4.78 is 113. The van der Waals surface area contributed by atoms with Gasteiger partial charge in [-0.05, 0) is 91.1 Å². The van der Waals surface area contributed by atoms with Gasteiger partial charge in [-0.3, -0.25) is 0 Å². The summed E-state index contributed by atoms with van der Waals surface area (Å²) in [7, 11) is 0. The van der Waals surface area contributed by atoms with Gasteiger partial charge in [0.1, 0.15) is 22.1 Å².